The third kappa shape index (κ3) is 1.76. The van der Waals surface area contributed by atoms with Crippen LogP contribution in [0.2, 0.25) is 0 Å². The van der Waals surface area contributed by atoms with Gasteiger partial charge in [0.2, 0.25) is 0 Å². The van der Waals surface area contributed by atoms with E-state index in [1.807, 2.05) is 0 Å². The lowest BCUT2D eigenvalue weighted by Crippen LogP contribution is -2.55. The molecule has 2 nitrogen and oxygen atoms in total. The van der Waals surface area contributed by atoms with Crippen LogP contribution in [0.1, 0.15) is 72.1 Å². The molecular weight excluding hydrogens is 272 g/mol. The van der Waals surface area contributed by atoms with Gasteiger partial charge in [-0.3, -0.25) is 0 Å². The van der Waals surface area contributed by atoms with Crippen LogP contribution >= 0.6 is 0 Å². The molecule has 3 fully saturated rings. The van der Waals surface area contributed by atoms with E-state index < -0.39 is 5.97 Å². The number of carboxylic acids is 1. The summed E-state index contributed by atoms with van der Waals surface area (Å²) in [5.74, 6) is 1.22. The van der Waals surface area contributed by atoms with Crippen LogP contribution in [-0.2, 0) is 4.79 Å². The Morgan fingerprint density at radius 1 is 1.09 bits per heavy atom. The van der Waals surface area contributed by atoms with Gasteiger partial charge >= 0.3 is 5.97 Å². The van der Waals surface area contributed by atoms with Gasteiger partial charge in [-0.1, -0.05) is 33.3 Å². The quantitative estimate of drug-likeness (QED) is 0.736. The number of hydrogen-bond donors (Lipinski definition) is 1. The van der Waals surface area contributed by atoms with E-state index in [1.54, 1.807) is 0 Å². The summed E-state index contributed by atoms with van der Waals surface area (Å²) in [6.45, 7) is 7.51. The molecule has 0 radical (unpaired) electrons. The van der Waals surface area contributed by atoms with Crippen molar-refractivity contribution in [1.82, 2.24) is 0 Å². The van der Waals surface area contributed by atoms with Gasteiger partial charge in [-0.25, -0.2) is 4.79 Å². The van der Waals surface area contributed by atoms with Crippen molar-refractivity contribution in [1.29, 1.82) is 0 Å². The van der Waals surface area contributed by atoms with Crippen molar-refractivity contribution in [3.05, 3.63) is 11.6 Å². The van der Waals surface area contributed by atoms with Crippen molar-refractivity contribution in [2.24, 2.45) is 34.0 Å². The van der Waals surface area contributed by atoms with Gasteiger partial charge in [0.1, 0.15) is 0 Å². The molecule has 1 spiro atoms. The Bertz CT molecular complexity index is 546. The van der Waals surface area contributed by atoms with Crippen LogP contribution in [0.3, 0.4) is 0 Å². The summed E-state index contributed by atoms with van der Waals surface area (Å²) in [5, 5.41) is 9.56. The largest absolute Gasteiger partial charge is 0.478 e. The molecule has 3 saturated carbocycles. The lowest BCUT2D eigenvalue weighted by atomic mass is 9.41. The van der Waals surface area contributed by atoms with Crippen LogP contribution in [0.15, 0.2) is 11.6 Å². The predicted molar refractivity (Wildman–Crippen MR) is 87.4 cm³/mol. The highest BCUT2D eigenvalue weighted by atomic mass is 16.4. The second kappa shape index (κ2) is 4.39. The zero-order valence-electron chi connectivity index (χ0n) is 14.3. The van der Waals surface area contributed by atoms with E-state index in [-0.39, 0.29) is 5.41 Å². The first-order chi connectivity index (χ1) is 10.3. The van der Waals surface area contributed by atoms with Crippen LogP contribution in [0.4, 0.5) is 0 Å². The lowest BCUT2D eigenvalue weighted by molar-refractivity contribution is -0.135. The molecule has 0 aliphatic heterocycles. The number of aliphatic carboxylic acids is 1. The van der Waals surface area contributed by atoms with Gasteiger partial charge in [-0.15, -0.1) is 0 Å². The fraction of sp³-hybridized carbons (Fsp3) is 0.850. The van der Waals surface area contributed by atoms with Gasteiger partial charge in [-0.05, 0) is 78.9 Å². The zero-order valence-corrected chi connectivity index (χ0v) is 14.3. The molecule has 0 amide bonds. The summed E-state index contributed by atoms with van der Waals surface area (Å²) in [4.78, 5) is 11.6. The Hall–Kier alpha value is -0.790. The van der Waals surface area contributed by atoms with Crippen LogP contribution in [-0.4, -0.2) is 11.1 Å². The number of rotatable bonds is 1. The second-order valence-corrected chi connectivity index (χ2v) is 9.61. The van der Waals surface area contributed by atoms with Crippen LogP contribution in [0, 0.1) is 34.0 Å². The van der Waals surface area contributed by atoms with Crippen molar-refractivity contribution < 1.29 is 9.90 Å². The van der Waals surface area contributed by atoms with Crippen LogP contribution in [0.25, 0.3) is 0 Å². The predicted octanol–water partition coefficient (Wildman–Crippen LogP) is 5.04. The van der Waals surface area contributed by atoms with Gasteiger partial charge in [0.05, 0.1) is 0 Å². The molecule has 4 rings (SSSR count). The van der Waals surface area contributed by atoms with Crippen molar-refractivity contribution in [3.8, 4) is 0 Å². The first-order valence-electron chi connectivity index (χ1n) is 9.25. The molecule has 4 aliphatic rings. The van der Waals surface area contributed by atoms with Crippen molar-refractivity contribution >= 4 is 5.97 Å². The minimum absolute atomic E-state index is 0.218. The average Bonchev–Trinajstić information content (AvgIpc) is 2.69. The number of allylic oxidation sites excluding steroid dienone is 1. The van der Waals surface area contributed by atoms with E-state index in [0.29, 0.717) is 22.7 Å². The maximum Gasteiger partial charge on any atom is 0.331 e. The molecule has 1 N–H and O–H groups in total. The molecule has 5 atom stereocenters. The molecule has 0 heterocycles. The monoisotopic (exact) mass is 302 g/mol. The van der Waals surface area contributed by atoms with E-state index >= 15 is 0 Å². The SMILES string of the molecule is CC1(C)CCC[C@]2(C)[C@@H]1CC[C@]13C=C(C(=O)O)[C@H](CC[C@H]12)C3. The van der Waals surface area contributed by atoms with E-state index in [0.717, 1.165) is 24.3 Å². The highest BCUT2D eigenvalue weighted by Crippen LogP contribution is 2.70. The molecule has 0 aromatic heterocycles. The van der Waals surface area contributed by atoms with Gasteiger partial charge < -0.3 is 5.11 Å². The summed E-state index contributed by atoms with van der Waals surface area (Å²) in [7, 11) is 0. The minimum Gasteiger partial charge on any atom is -0.478 e. The maximum absolute atomic E-state index is 11.6. The van der Waals surface area contributed by atoms with Crippen LogP contribution in [0.5, 0.6) is 0 Å². The molecule has 2 heteroatoms. The Labute approximate surface area is 134 Å². The fourth-order valence-corrected chi connectivity index (χ4v) is 7.50. The third-order valence-electron chi connectivity index (χ3n) is 8.22. The van der Waals surface area contributed by atoms with Crippen molar-refractivity contribution in [2.75, 3.05) is 0 Å². The van der Waals surface area contributed by atoms with Crippen LogP contribution < -0.4 is 0 Å². The van der Waals surface area contributed by atoms with Gasteiger partial charge in [-0.2, -0.15) is 0 Å². The average molecular weight is 302 g/mol. The highest BCUT2D eigenvalue weighted by molar-refractivity contribution is 5.88. The topological polar surface area (TPSA) is 37.3 Å². The summed E-state index contributed by atoms with van der Waals surface area (Å²) in [6.07, 6.45) is 12.3. The lowest BCUT2D eigenvalue weighted by Gasteiger charge is -2.63. The summed E-state index contributed by atoms with van der Waals surface area (Å²) in [5.41, 5.74) is 1.85. The Balaban J connectivity index is 1.76. The van der Waals surface area contributed by atoms with Gasteiger partial charge in [0, 0.05) is 5.57 Å². The highest BCUT2D eigenvalue weighted by Gasteiger charge is 2.62. The Morgan fingerprint density at radius 2 is 1.86 bits per heavy atom. The number of fused-ring (bicyclic) bond motifs is 3. The third-order valence-corrected chi connectivity index (χ3v) is 8.22. The van der Waals surface area contributed by atoms with Gasteiger partial charge in [0.25, 0.3) is 0 Å². The summed E-state index contributed by atoms with van der Waals surface area (Å²) < 4.78 is 0. The number of hydrogen-bond acceptors (Lipinski definition) is 1. The first-order valence-corrected chi connectivity index (χ1v) is 9.25. The molecular formula is C20H30O2. The second-order valence-electron chi connectivity index (χ2n) is 9.61. The van der Waals surface area contributed by atoms with Crippen molar-refractivity contribution in [3.63, 3.8) is 0 Å². The molecule has 0 unspecified atom stereocenters. The van der Waals surface area contributed by atoms with Crippen molar-refractivity contribution in [2.45, 2.75) is 72.1 Å². The fourth-order valence-electron chi connectivity index (χ4n) is 7.50. The maximum atomic E-state index is 11.6. The molecule has 2 bridgehead atoms. The number of carbonyl (C=O) groups is 1. The smallest absolute Gasteiger partial charge is 0.331 e. The first kappa shape index (κ1) is 14.8. The van der Waals surface area contributed by atoms with E-state index in [4.69, 9.17) is 0 Å². The van der Waals surface area contributed by atoms with E-state index in [9.17, 15) is 9.90 Å². The minimum atomic E-state index is -0.654. The standard InChI is InChI=1S/C20H30O2/c1-18(2)8-4-9-19(3)15(18)7-10-20-11-13(5-6-16(19)20)14(12-20)17(21)22/h12-13,15-16H,4-11H2,1-3H3,(H,21,22)/t13-,15-,16+,19-,20+/m1/s1. The summed E-state index contributed by atoms with van der Waals surface area (Å²) in [6, 6.07) is 0. The molecule has 0 aromatic rings. The molecule has 122 valence electrons. The molecule has 22 heavy (non-hydrogen) atoms. The van der Waals surface area contributed by atoms with Gasteiger partial charge in [0.15, 0.2) is 0 Å². The Kier molecular flexibility index (Phi) is 2.95. The molecule has 0 aromatic carbocycles. The normalized spacial score (nSPS) is 49.0. The molecule has 0 saturated heterocycles. The molecule has 4 aliphatic carbocycles. The Morgan fingerprint density at radius 3 is 2.59 bits per heavy atom. The summed E-state index contributed by atoms with van der Waals surface area (Å²) >= 11 is 0. The van der Waals surface area contributed by atoms with E-state index in [1.165, 1.54) is 38.5 Å². The number of carboxylic acid groups (broad SMARTS) is 1. The zero-order chi connectivity index (χ0) is 15.8. The van der Waals surface area contributed by atoms with E-state index in [2.05, 4.69) is 26.8 Å².